The number of aromatic nitrogens is 1. The monoisotopic (exact) mass is 511 g/mol. The number of fused-ring (bicyclic) bond motifs is 1. The molecule has 4 aromatic rings. The smallest absolute Gasteiger partial charge is 0.248 e. The molecule has 1 saturated heterocycles. The summed E-state index contributed by atoms with van der Waals surface area (Å²) >= 11 is 0. The lowest BCUT2D eigenvalue weighted by molar-refractivity contribution is -0.111. The highest BCUT2D eigenvalue weighted by Crippen LogP contribution is 2.28. The number of carbonyl (C=O) groups excluding carboxylic acids is 1. The Balaban J connectivity index is 1.30. The lowest BCUT2D eigenvalue weighted by Crippen LogP contribution is -2.35. The Morgan fingerprint density at radius 2 is 1.89 bits per heavy atom. The molecule has 0 atom stereocenters. The van der Waals surface area contributed by atoms with Gasteiger partial charge in [-0.15, -0.1) is 0 Å². The van der Waals surface area contributed by atoms with Gasteiger partial charge in [-0.1, -0.05) is 30.3 Å². The Morgan fingerprint density at radius 3 is 2.68 bits per heavy atom. The van der Waals surface area contributed by atoms with Gasteiger partial charge in [-0.25, -0.2) is 0 Å². The van der Waals surface area contributed by atoms with E-state index < -0.39 is 0 Å². The third-order valence-electron chi connectivity index (χ3n) is 6.90. The molecule has 7 heteroatoms. The third-order valence-corrected chi connectivity index (χ3v) is 6.90. The maximum absolute atomic E-state index is 12.8. The zero-order valence-electron chi connectivity index (χ0n) is 21.8. The maximum Gasteiger partial charge on any atom is 0.248 e. The van der Waals surface area contributed by atoms with E-state index in [1.807, 2.05) is 36.5 Å². The van der Waals surface area contributed by atoms with Crippen molar-refractivity contribution in [2.24, 2.45) is 0 Å². The summed E-state index contributed by atoms with van der Waals surface area (Å²) in [5.74, 6) is 1.06. The number of para-hydroxylation sites is 1. The zero-order chi connectivity index (χ0) is 26.5. The van der Waals surface area contributed by atoms with Gasteiger partial charge >= 0.3 is 0 Å². The number of nitrogens with zero attached hydrogens (tertiary/aromatic N) is 2. The Morgan fingerprint density at radius 1 is 1.08 bits per heavy atom. The summed E-state index contributed by atoms with van der Waals surface area (Å²) in [5.41, 5.74) is 3.52. The first-order chi connectivity index (χ1) is 18.5. The summed E-state index contributed by atoms with van der Waals surface area (Å²) in [4.78, 5) is 15.1. The predicted octanol–water partition coefficient (Wildman–Crippen LogP) is 5.53. The van der Waals surface area contributed by atoms with E-state index in [2.05, 4.69) is 40.0 Å². The molecular formula is C31H33N3O4. The van der Waals surface area contributed by atoms with Crippen LogP contribution < -0.4 is 14.8 Å². The molecule has 0 aliphatic carbocycles. The number of likely N-dealkylation sites (tertiary alicyclic amines) is 1. The minimum absolute atomic E-state index is 0.0264. The Hall–Kier alpha value is -4.23. The Labute approximate surface area is 222 Å². The number of anilines is 1. The number of phenolic OH excluding ortho intramolecular Hbond substituents is 1. The molecule has 5 rings (SSSR count). The van der Waals surface area contributed by atoms with E-state index in [9.17, 15) is 9.90 Å². The van der Waals surface area contributed by atoms with Gasteiger partial charge in [-0.2, -0.15) is 0 Å². The molecule has 0 bridgehead atoms. The molecule has 1 aliphatic rings. The molecule has 1 aliphatic heterocycles. The number of ether oxygens (including phenoxy) is 2. The number of hydrogen-bond acceptors (Lipinski definition) is 5. The minimum Gasteiger partial charge on any atom is -0.504 e. The van der Waals surface area contributed by atoms with Crippen molar-refractivity contribution in [2.75, 3.05) is 32.6 Å². The molecule has 0 unspecified atom stereocenters. The summed E-state index contributed by atoms with van der Waals surface area (Å²) in [6, 6.07) is 21.2. The molecule has 196 valence electrons. The molecule has 0 saturated carbocycles. The molecule has 3 aromatic carbocycles. The normalized spacial score (nSPS) is 14.7. The van der Waals surface area contributed by atoms with Gasteiger partial charge in [0, 0.05) is 37.3 Å². The van der Waals surface area contributed by atoms with Crippen molar-refractivity contribution in [3.8, 4) is 17.2 Å². The number of amides is 1. The van der Waals surface area contributed by atoms with Crippen LogP contribution in [0.3, 0.4) is 0 Å². The number of piperidine rings is 1. The van der Waals surface area contributed by atoms with Gasteiger partial charge in [0.1, 0.15) is 11.9 Å². The van der Waals surface area contributed by atoms with Crippen LogP contribution in [0.5, 0.6) is 17.2 Å². The number of methoxy groups -OCH3 is 1. The van der Waals surface area contributed by atoms with E-state index in [0.29, 0.717) is 17.9 Å². The van der Waals surface area contributed by atoms with Gasteiger partial charge in [0.05, 0.1) is 18.3 Å². The quantitative estimate of drug-likeness (QED) is 0.304. The Bertz CT molecular complexity index is 1450. The lowest BCUT2D eigenvalue weighted by atomic mass is 10.1. The van der Waals surface area contributed by atoms with Gasteiger partial charge in [0.2, 0.25) is 5.91 Å². The van der Waals surface area contributed by atoms with E-state index in [0.717, 1.165) is 53.8 Å². The number of carbonyl (C=O) groups is 1. The van der Waals surface area contributed by atoms with Crippen molar-refractivity contribution in [1.29, 1.82) is 0 Å². The van der Waals surface area contributed by atoms with E-state index in [-0.39, 0.29) is 17.8 Å². The molecule has 1 aromatic heterocycles. The van der Waals surface area contributed by atoms with E-state index in [1.165, 1.54) is 13.2 Å². The first-order valence-corrected chi connectivity index (χ1v) is 12.9. The van der Waals surface area contributed by atoms with E-state index >= 15 is 0 Å². The summed E-state index contributed by atoms with van der Waals surface area (Å²) in [6.07, 6.45) is 7.49. The molecule has 2 heterocycles. The first kappa shape index (κ1) is 25.4. The highest BCUT2D eigenvalue weighted by atomic mass is 16.5. The lowest BCUT2D eigenvalue weighted by Gasteiger charge is -2.29. The third kappa shape index (κ3) is 6.01. The number of aromatic hydroxyl groups is 1. The van der Waals surface area contributed by atoms with Crippen molar-refractivity contribution in [3.63, 3.8) is 0 Å². The SMILES string of the molecule is COc1ccc(/C=C/C(=O)Nc2cccc3ccn(Cc4cccc(OC5CCN(C)CC5)c4)c23)cc1O. The summed E-state index contributed by atoms with van der Waals surface area (Å²) in [5, 5.41) is 14.0. The number of hydrogen-bond donors (Lipinski definition) is 2. The second-order valence-electron chi connectivity index (χ2n) is 9.71. The van der Waals surface area contributed by atoms with Crippen LogP contribution in [0.15, 0.2) is 79.0 Å². The summed E-state index contributed by atoms with van der Waals surface area (Å²) in [7, 11) is 3.65. The van der Waals surface area contributed by atoms with Crippen LogP contribution in [0.1, 0.15) is 24.0 Å². The topological polar surface area (TPSA) is 76.0 Å². The fourth-order valence-electron chi connectivity index (χ4n) is 4.86. The molecule has 0 spiro atoms. The zero-order valence-corrected chi connectivity index (χ0v) is 21.8. The highest BCUT2D eigenvalue weighted by molar-refractivity contribution is 6.06. The van der Waals surface area contributed by atoms with Crippen LogP contribution in [0.4, 0.5) is 5.69 Å². The molecule has 1 fully saturated rings. The molecule has 0 radical (unpaired) electrons. The fourth-order valence-corrected chi connectivity index (χ4v) is 4.86. The number of phenols is 1. The van der Waals surface area contributed by atoms with Crippen molar-refractivity contribution in [1.82, 2.24) is 9.47 Å². The number of rotatable bonds is 8. The second kappa shape index (κ2) is 11.4. The van der Waals surface area contributed by atoms with Crippen molar-refractivity contribution >= 4 is 28.6 Å². The highest BCUT2D eigenvalue weighted by Gasteiger charge is 2.18. The summed E-state index contributed by atoms with van der Waals surface area (Å²) < 4.78 is 13.5. The van der Waals surface area contributed by atoms with E-state index in [1.54, 1.807) is 24.3 Å². The Kier molecular flexibility index (Phi) is 7.65. The van der Waals surface area contributed by atoms with Crippen LogP contribution >= 0.6 is 0 Å². The fraction of sp³-hybridized carbons (Fsp3) is 0.258. The average molecular weight is 512 g/mol. The van der Waals surface area contributed by atoms with Gasteiger partial charge in [-0.3, -0.25) is 4.79 Å². The molecule has 7 nitrogen and oxygen atoms in total. The largest absolute Gasteiger partial charge is 0.504 e. The molecular weight excluding hydrogens is 478 g/mol. The van der Waals surface area contributed by atoms with Crippen LogP contribution in [0.25, 0.3) is 17.0 Å². The van der Waals surface area contributed by atoms with Crippen LogP contribution in [0, 0.1) is 0 Å². The standard InChI is InChI=1S/C31H33N3O4/c1-33-16-14-25(15-17-33)38-26-7-3-5-23(19-26)21-34-18-13-24-6-4-8-27(31(24)34)32-30(36)12-10-22-9-11-29(37-2)28(35)20-22/h3-13,18-20,25,35H,14-17,21H2,1-2H3,(H,32,36)/b12-10+. The number of benzene rings is 3. The first-order valence-electron chi connectivity index (χ1n) is 12.9. The maximum atomic E-state index is 12.8. The van der Waals surface area contributed by atoms with Crippen molar-refractivity contribution < 1.29 is 19.4 Å². The molecule has 2 N–H and O–H groups in total. The van der Waals surface area contributed by atoms with Crippen LogP contribution in [0.2, 0.25) is 0 Å². The van der Waals surface area contributed by atoms with Gasteiger partial charge in [-0.05, 0) is 73.5 Å². The van der Waals surface area contributed by atoms with Crippen LogP contribution in [-0.4, -0.2) is 53.8 Å². The molecule has 38 heavy (non-hydrogen) atoms. The van der Waals surface area contributed by atoms with Gasteiger partial charge in [0.15, 0.2) is 11.5 Å². The number of nitrogens with one attached hydrogen (secondary N) is 1. The average Bonchev–Trinajstić information content (AvgIpc) is 3.33. The predicted molar refractivity (Wildman–Crippen MR) is 151 cm³/mol. The second-order valence-corrected chi connectivity index (χ2v) is 9.71. The van der Waals surface area contributed by atoms with Gasteiger partial charge < -0.3 is 29.4 Å². The van der Waals surface area contributed by atoms with E-state index in [4.69, 9.17) is 9.47 Å². The van der Waals surface area contributed by atoms with Gasteiger partial charge in [0.25, 0.3) is 0 Å². The van der Waals surface area contributed by atoms with Crippen molar-refractivity contribution in [3.05, 3.63) is 90.1 Å². The molecule has 1 amide bonds. The summed E-state index contributed by atoms with van der Waals surface area (Å²) in [6.45, 7) is 2.78. The minimum atomic E-state index is -0.255. The van der Waals surface area contributed by atoms with Crippen molar-refractivity contribution in [2.45, 2.75) is 25.5 Å². The van der Waals surface area contributed by atoms with Crippen LogP contribution in [-0.2, 0) is 11.3 Å².